The maximum absolute atomic E-state index is 10.8. The number of nitrogens with two attached hydrogens (primary N) is 1. The fourth-order valence-electron chi connectivity index (χ4n) is 2.77. The van der Waals surface area contributed by atoms with Crippen LogP contribution in [0.1, 0.15) is 17.9 Å². The lowest BCUT2D eigenvalue weighted by Crippen LogP contribution is -2.33. The number of aliphatic hydroxyl groups is 2. The van der Waals surface area contributed by atoms with E-state index in [1.165, 1.54) is 4.57 Å². The van der Waals surface area contributed by atoms with E-state index in [1.54, 1.807) is 13.8 Å². The summed E-state index contributed by atoms with van der Waals surface area (Å²) in [5, 5.41) is 20.4. The normalized spacial score (nSPS) is 27.3. The zero-order chi connectivity index (χ0) is 18.5. The van der Waals surface area contributed by atoms with Crippen LogP contribution in [-0.4, -0.2) is 64.4 Å². The number of aryl methyl sites for hydroxylation is 2. The van der Waals surface area contributed by atoms with Crippen LogP contribution in [0.4, 0.5) is 5.82 Å². The molecule has 4 atom stereocenters. The van der Waals surface area contributed by atoms with Gasteiger partial charge in [-0.3, -0.25) is 9.09 Å². The number of hydrogen-bond donors (Lipinski definition) is 5. The first-order chi connectivity index (χ1) is 11.6. The number of hydrogen-bond acceptors (Lipinski definition) is 9. The Bertz CT molecular complexity index is 852. The minimum atomic E-state index is -4.74. The van der Waals surface area contributed by atoms with Crippen LogP contribution in [0.25, 0.3) is 11.2 Å². The molecule has 1 saturated heterocycles. The number of rotatable bonds is 4. The van der Waals surface area contributed by atoms with Crippen LogP contribution in [0.2, 0.25) is 0 Å². The highest BCUT2D eigenvalue weighted by molar-refractivity contribution is 7.46. The summed E-state index contributed by atoms with van der Waals surface area (Å²) in [5.74, 6) is 0.966. The molecule has 6 N–H and O–H groups in total. The Morgan fingerprint density at radius 3 is 2.56 bits per heavy atom. The number of fused-ring (bicyclic) bond motifs is 1. The fourth-order valence-corrected chi connectivity index (χ4v) is 3.11. The Kier molecular flexibility index (Phi) is 4.54. The van der Waals surface area contributed by atoms with Crippen LogP contribution in [0.5, 0.6) is 0 Å². The molecule has 0 aliphatic carbocycles. The number of phosphoric ester groups is 1. The van der Waals surface area contributed by atoms with E-state index in [0.717, 1.165) is 0 Å². The standard InChI is InChI=1S/C12H18N5O7P/c1-4-14-10(13)7-11(15-4)17(5(2)16-7)12-9(19)8(18)6(24-12)3-23-25(20,21)22/h6,8-9,12,18-19H,3H2,1-2H3,(H2,13,14,15)(H2,20,21,22)/t6-,8-,9-,12-/m1/s1. The summed E-state index contributed by atoms with van der Waals surface area (Å²) in [4.78, 5) is 30.1. The van der Waals surface area contributed by atoms with Crippen molar-refractivity contribution in [3.8, 4) is 0 Å². The van der Waals surface area contributed by atoms with E-state index in [0.29, 0.717) is 22.8 Å². The molecule has 0 saturated carbocycles. The van der Waals surface area contributed by atoms with E-state index in [1.807, 2.05) is 0 Å². The molecule has 0 unspecified atom stereocenters. The van der Waals surface area contributed by atoms with E-state index in [4.69, 9.17) is 20.3 Å². The molecule has 1 aliphatic heterocycles. The number of anilines is 1. The molecule has 0 radical (unpaired) electrons. The van der Waals surface area contributed by atoms with Crippen molar-refractivity contribution in [1.29, 1.82) is 0 Å². The van der Waals surface area contributed by atoms with Crippen LogP contribution in [0, 0.1) is 13.8 Å². The minimum absolute atomic E-state index is 0.166. The van der Waals surface area contributed by atoms with Gasteiger partial charge in [-0.25, -0.2) is 19.5 Å². The van der Waals surface area contributed by atoms with Crippen molar-refractivity contribution in [2.75, 3.05) is 12.3 Å². The number of ether oxygens (including phenoxy) is 1. The zero-order valence-electron chi connectivity index (χ0n) is 13.3. The van der Waals surface area contributed by atoms with Gasteiger partial charge < -0.3 is 30.5 Å². The molecule has 1 aliphatic rings. The molecule has 0 amide bonds. The second-order valence-electron chi connectivity index (χ2n) is 5.69. The Morgan fingerprint density at radius 2 is 1.92 bits per heavy atom. The van der Waals surface area contributed by atoms with Crippen molar-refractivity contribution in [2.24, 2.45) is 0 Å². The van der Waals surface area contributed by atoms with Crippen LogP contribution in [0.3, 0.4) is 0 Å². The number of nitrogens with zero attached hydrogens (tertiary/aromatic N) is 4. The summed E-state index contributed by atoms with van der Waals surface area (Å²) < 4.78 is 22.2. The largest absolute Gasteiger partial charge is 0.469 e. The maximum Gasteiger partial charge on any atom is 0.469 e. The van der Waals surface area contributed by atoms with Crippen molar-refractivity contribution in [2.45, 2.75) is 38.4 Å². The maximum atomic E-state index is 10.8. The second kappa shape index (κ2) is 6.25. The van der Waals surface area contributed by atoms with Gasteiger partial charge in [0.25, 0.3) is 0 Å². The van der Waals surface area contributed by atoms with E-state index >= 15 is 0 Å². The van der Waals surface area contributed by atoms with Crippen LogP contribution < -0.4 is 5.73 Å². The van der Waals surface area contributed by atoms with Crippen LogP contribution in [-0.2, 0) is 13.8 Å². The average Bonchev–Trinajstić information content (AvgIpc) is 2.95. The molecule has 1 fully saturated rings. The molecular weight excluding hydrogens is 357 g/mol. The lowest BCUT2D eigenvalue weighted by atomic mass is 10.1. The summed E-state index contributed by atoms with van der Waals surface area (Å²) in [5.41, 5.74) is 6.47. The van der Waals surface area contributed by atoms with Crippen LogP contribution >= 0.6 is 7.82 Å². The molecule has 2 aromatic rings. The quantitative estimate of drug-likeness (QED) is 0.402. The molecule has 0 spiro atoms. The van der Waals surface area contributed by atoms with Gasteiger partial charge in [-0.2, -0.15) is 0 Å². The Hall–Kier alpha value is -1.66. The molecular formula is C12H18N5O7P. The van der Waals surface area contributed by atoms with Gasteiger partial charge in [0.05, 0.1) is 6.61 Å². The predicted octanol–water partition coefficient (Wildman–Crippen LogP) is -1.25. The Morgan fingerprint density at radius 1 is 1.24 bits per heavy atom. The lowest BCUT2D eigenvalue weighted by molar-refractivity contribution is -0.0512. The van der Waals surface area contributed by atoms with Gasteiger partial charge in [0.15, 0.2) is 23.2 Å². The summed E-state index contributed by atoms with van der Waals surface area (Å²) in [7, 11) is -4.74. The van der Waals surface area contributed by atoms with Gasteiger partial charge in [-0.05, 0) is 13.8 Å². The van der Waals surface area contributed by atoms with Gasteiger partial charge in [-0.15, -0.1) is 0 Å². The van der Waals surface area contributed by atoms with Crippen molar-refractivity contribution >= 4 is 24.8 Å². The molecule has 138 valence electrons. The van der Waals surface area contributed by atoms with Crippen molar-refractivity contribution in [1.82, 2.24) is 19.5 Å². The van der Waals surface area contributed by atoms with E-state index in [2.05, 4.69) is 19.5 Å². The van der Waals surface area contributed by atoms with Crippen molar-refractivity contribution in [3.63, 3.8) is 0 Å². The Labute approximate surface area is 141 Å². The number of aromatic nitrogens is 4. The molecule has 3 rings (SSSR count). The summed E-state index contributed by atoms with van der Waals surface area (Å²) >= 11 is 0. The fraction of sp³-hybridized carbons (Fsp3) is 0.583. The topological polar surface area (TPSA) is 186 Å². The zero-order valence-corrected chi connectivity index (χ0v) is 14.2. The molecule has 0 aromatic carbocycles. The lowest BCUT2D eigenvalue weighted by Gasteiger charge is -2.18. The van der Waals surface area contributed by atoms with Gasteiger partial charge in [-0.1, -0.05) is 0 Å². The molecule has 0 bridgehead atoms. The number of imidazole rings is 1. The average molecular weight is 375 g/mol. The third-order valence-corrected chi connectivity index (χ3v) is 4.34. The van der Waals surface area contributed by atoms with Gasteiger partial charge in [0.2, 0.25) is 0 Å². The second-order valence-corrected chi connectivity index (χ2v) is 6.93. The minimum Gasteiger partial charge on any atom is -0.387 e. The van der Waals surface area contributed by atoms with Gasteiger partial charge >= 0.3 is 7.82 Å². The molecule has 3 heterocycles. The number of phosphoric acid groups is 1. The highest BCUT2D eigenvalue weighted by Gasteiger charge is 2.45. The first-order valence-electron chi connectivity index (χ1n) is 7.29. The van der Waals surface area contributed by atoms with E-state index in [9.17, 15) is 14.8 Å². The van der Waals surface area contributed by atoms with Gasteiger partial charge in [0.1, 0.15) is 30.0 Å². The predicted molar refractivity (Wildman–Crippen MR) is 83.1 cm³/mol. The van der Waals surface area contributed by atoms with Gasteiger partial charge in [0, 0.05) is 0 Å². The molecule has 25 heavy (non-hydrogen) atoms. The highest BCUT2D eigenvalue weighted by atomic mass is 31.2. The summed E-state index contributed by atoms with van der Waals surface area (Å²) in [6.07, 6.45) is -5.05. The van der Waals surface area contributed by atoms with Crippen LogP contribution in [0.15, 0.2) is 0 Å². The number of aliphatic hydroxyl groups excluding tert-OH is 2. The highest BCUT2D eigenvalue weighted by Crippen LogP contribution is 2.39. The smallest absolute Gasteiger partial charge is 0.387 e. The third-order valence-electron chi connectivity index (χ3n) is 3.85. The summed E-state index contributed by atoms with van der Waals surface area (Å²) in [6.45, 7) is 2.68. The molecule has 12 nitrogen and oxygen atoms in total. The van der Waals surface area contributed by atoms with Crippen molar-refractivity contribution in [3.05, 3.63) is 11.6 Å². The first-order valence-corrected chi connectivity index (χ1v) is 8.82. The Balaban J connectivity index is 1.95. The SMILES string of the molecule is Cc1nc(N)c2nc(C)n([C@@H]3O[C@H](COP(=O)(O)O)[C@@H](O)[C@H]3O)c2n1. The monoisotopic (exact) mass is 375 g/mol. The first kappa shape index (κ1) is 18.1. The third kappa shape index (κ3) is 3.37. The van der Waals surface area contributed by atoms with E-state index in [-0.39, 0.29) is 5.82 Å². The van der Waals surface area contributed by atoms with Crippen molar-refractivity contribution < 1.29 is 33.8 Å². The summed E-state index contributed by atoms with van der Waals surface area (Å²) in [6, 6.07) is 0. The molecule has 13 heteroatoms. The number of nitrogen functional groups attached to an aromatic ring is 1. The molecule has 2 aromatic heterocycles. The van der Waals surface area contributed by atoms with E-state index < -0.39 is 39.0 Å².